The smallest absolute Gasteiger partial charge is 0.111 e. The van der Waals surface area contributed by atoms with E-state index in [9.17, 15) is 0 Å². The maximum absolute atomic E-state index is 5.41. The summed E-state index contributed by atoms with van der Waals surface area (Å²) in [5, 5.41) is 4.54. The Hall–Kier alpha value is -1.01. The molecule has 5 heteroatoms. The van der Waals surface area contributed by atoms with Gasteiger partial charge in [-0.05, 0) is 19.1 Å². The predicted octanol–water partition coefficient (Wildman–Crippen LogP) is 2.61. The van der Waals surface area contributed by atoms with E-state index in [4.69, 9.17) is 9.47 Å². The van der Waals surface area contributed by atoms with Crippen LogP contribution in [0.25, 0.3) is 10.2 Å². The van der Waals surface area contributed by atoms with Crippen LogP contribution in [0.3, 0.4) is 0 Å². The van der Waals surface area contributed by atoms with Gasteiger partial charge in [-0.15, -0.1) is 11.3 Å². The van der Waals surface area contributed by atoms with Gasteiger partial charge in [0.05, 0.1) is 36.1 Å². The molecule has 0 aliphatic heterocycles. The summed E-state index contributed by atoms with van der Waals surface area (Å²) >= 11 is 1.74. The van der Waals surface area contributed by atoms with E-state index in [-0.39, 0.29) is 6.04 Å². The molecule has 104 valence electrons. The van der Waals surface area contributed by atoms with Gasteiger partial charge in [0.2, 0.25) is 0 Å². The zero-order valence-corrected chi connectivity index (χ0v) is 12.2. The maximum Gasteiger partial charge on any atom is 0.111 e. The number of benzene rings is 1. The summed E-state index contributed by atoms with van der Waals surface area (Å²) in [7, 11) is 1.68. The summed E-state index contributed by atoms with van der Waals surface area (Å²) in [5.74, 6) is 0. The molecule has 1 aromatic heterocycles. The van der Waals surface area contributed by atoms with Gasteiger partial charge in [0, 0.05) is 13.7 Å². The SMILES string of the molecule is COCCOCCNC(C)c1nc2ccccc2s1. The Kier molecular flexibility index (Phi) is 5.72. The van der Waals surface area contributed by atoms with Gasteiger partial charge in [-0.25, -0.2) is 4.98 Å². The van der Waals surface area contributed by atoms with Crippen molar-refractivity contribution < 1.29 is 9.47 Å². The summed E-state index contributed by atoms with van der Waals surface area (Å²) in [6.45, 7) is 4.94. The first kappa shape index (κ1) is 14.4. The van der Waals surface area contributed by atoms with Crippen LogP contribution in [0.4, 0.5) is 0 Å². The van der Waals surface area contributed by atoms with Crippen LogP contribution in [0.2, 0.25) is 0 Å². The van der Waals surface area contributed by atoms with Gasteiger partial charge in [0.25, 0.3) is 0 Å². The molecule has 0 aliphatic carbocycles. The van der Waals surface area contributed by atoms with Crippen LogP contribution in [-0.4, -0.2) is 38.5 Å². The lowest BCUT2D eigenvalue weighted by atomic mass is 10.3. The molecule has 0 aliphatic rings. The van der Waals surface area contributed by atoms with Crippen LogP contribution >= 0.6 is 11.3 Å². The van der Waals surface area contributed by atoms with E-state index in [0.717, 1.165) is 17.1 Å². The average molecular weight is 280 g/mol. The molecule has 0 radical (unpaired) electrons. The molecule has 0 amide bonds. The van der Waals surface area contributed by atoms with Crippen LogP contribution in [0, 0.1) is 0 Å². The van der Waals surface area contributed by atoms with Crippen LogP contribution in [0.5, 0.6) is 0 Å². The number of nitrogens with zero attached hydrogens (tertiary/aromatic N) is 1. The zero-order valence-electron chi connectivity index (χ0n) is 11.4. The van der Waals surface area contributed by atoms with Crippen LogP contribution in [0.15, 0.2) is 24.3 Å². The Morgan fingerprint density at radius 1 is 1.26 bits per heavy atom. The van der Waals surface area contributed by atoms with E-state index in [1.54, 1.807) is 18.4 Å². The second-order valence-electron chi connectivity index (χ2n) is 4.30. The maximum atomic E-state index is 5.41. The van der Waals surface area contributed by atoms with Gasteiger partial charge in [0.15, 0.2) is 0 Å². The Labute approximate surface area is 117 Å². The molecule has 0 saturated heterocycles. The Bertz CT molecular complexity index is 468. The van der Waals surface area contributed by atoms with Gasteiger partial charge < -0.3 is 14.8 Å². The molecule has 0 spiro atoms. The first-order valence-corrected chi connectivity index (χ1v) is 7.28. The van der Waals surface area contributed by atoms with Crippen molar-refractivity contribution in [3.05, 3.63) is 29.3 Å². The molecule has 2 aromatic rings. The van der Waals surface area contributed by atoms with Gasteiger partial charge in [-0.1, -0.05) is 12.1 Å². The topological polar surface area (TPSA) is 43.4 Å². The fourth-order valence-electron chi connectivity index (χ4n) is 1.75. The molecular formula is C14H20N2O2S. The minimum Gasteiger partial charge on any atom is -0.382 e. The summed E-state index contributed by atoms with van der Waals surface area (Å²) in [6.07, 6.45) is 0. The second-order valence-corrected chi connectivity index (χ2v) is 5.36. The third-order valence-electron chi connectivity index (χ3n) is 2.81. The molecule has 0 fully saturated rings. The van der Waals surface area contributed by atoms with E-state index in [2.05, 4.69) is 29.4 Å². The third kappa shape index (κ3) is 4.24. The van der Waals surface area contributed by atoms with Crippen molar-refractivity contribution in [1.29, 1.82) is 0 Å². The number of thiazole rings is 1. The summed E-state index contributed by atoms with van der Waals surface area (Å²) in [6, 6.07) is 8.48. The zero-order chi connectivity index (χ0) is 13.5. The standard InChI is InChI=1S/C14H20N2O2S/c1-11(15-7-8-18-10-9-17-2)14-16-12-5-3-4-6-13(12)19-14/h3-6,11,15H,7-10H2,1-2H3. The lowest BCUT2D eigenvalue weighted by Crippen LogP contribution is -2.23. The molecular weight excluding hydrogens is 260 g/mol. The number of hydrogen-bond acceptors (Lipinski definition) is 5. The largest absolute Gasteiger partial charge is 0.382 e. The van der Waals surface area contributed by atoms with Gasteiger partial charge in [-0.3, -0.25) is 0 Å². The van der Waals surface area contributed by atoms with Gasteiger partial charge >= 0.3 is 0 Å². The Morgan fingerprint density at radius 3 is 2.89 bits per heavy atom. The molecule has 1 N–H and O–H groups in total. The first-order chi connectivity index (χ1) is 9.31. The highest BCUT2D eigenvalue weighted by molar-refractivity contribution is 7.18. The van der Waals surface area contributed by atoms with Crippen molar-refractivity contribution >= 4 is 21.6 Å². The minimum absolute atomic E-state index is 0.253. The number of methoxy groups -OCH3 is 1. The van der Waals surface area contributed by atoms with E-state index in [1.807, 2.05) is 12.1 Å². The quantitative estimate of drug-likeness (QED) is 0.755. The first-order valence-electron chi connectivity index (χ1n) is 6.47. The fraction of sp³-hybridized carbons (Fsp3) is 0.500. The summed E-state index contributed by atoms with van der Waals surface area (Å²) < 4.78 is 11.6. The molecule has 1 atom stereocenters. The second kappa shape index (κ2) is 7.55. The molecule has 0 bridgehead atoms. The number of para-hydroxylation sites is 1. The average Bonchev–Trinajstić information content (AvgIpc) is 2.86. The molecule has 1 aromatic carbocycles. The van der Waals surface area contributed by atoms with Crippen molar-refractivity contribution in [3.8, 4) is 0 Å². The molecule has 1 heterocycles. The Morgan fingerprint density at radius 2 is 2.11 bits per heavy atom. The molecule has 0 saturated carbocycles. The summed E-state index contributed by atoms with van der Waals surface area (Å²) in [4.78, 5) is 4.64. The molecule has 4 nitrogen and oxygen atoms in total. The normalized spacial score (nSPS) is 12.9. The van der Waals surface area contributed by atoms with Crippen LogP contribution in [0.1, 0.15) is 18.0 Å². The van der Waals surface area contributed by atoms with E-state index < -0.39 is 0 Å². The number of nitrogens with one attached hydrogen (secondary N) is 1. The highest BCUT2D eigenvalue weighted by Crippen LogP contribution is 2.25. The van der Waals surface area contributed by atoms with Gasteiger partial charge in [0.1, 0.15) is 5.01 Å². The predicted molar refractivity (Wildman–Crippen MR) is 78.7 cm³/mol. The van der Waals surface area contributed by atoms with Crippen molar-refractivity contribution in [1.82, 2.24) is 10.3 Å². The number of hydrogen-bond donors (Lipinski definition) is 1. The molecule has 1 unspecified atom stereocenters. The Balaban J connectivity index is 1.78. The van der Waals surface area contributed by atoms with Crippen molar-refractivity contribution in [2.45, 2.75) is 13.0 Å². The molecule has 2 rings (SSSR count). The number of ether oxygens (including phenoxy) is 2. The number of aromatic nitrogens is 1. The van der Waals surface area contributed by atoms with E-state index >= 15 is 0 Å². The highest BCUT2D eigenvalue weighted by atomic mass is 32.1. The number of fused-ring (bicyclic) bond motifs is 1. The van der Waals surface area contributed by atoms with Crippen molar-refractivity contribution in [3.63, 3.8) is 0 Å². The van der Waals surface area contributed by atoms with E-state index in [1.165, 1.54) is 4.70 Å². The molecule has 19 heavy (non-hydrogen) atoms. The van der Waals surface area contributed by atoms with Crippen molar-refractivity contribution in [2.24, 2.45) is 0 Å². The van der Waals surface area contributed by atoms with Crippen molar-refractivity contribution in [2.75, 3.05) is 33.5 Å². The summed E-state index contributed by atoms with van der Waals surface area (Å²) in [5.41, 5.74) is 1.08. The monoisotopic (exact) mass is 280 g/mol. The lowest BCUT2D eigenvalue weighted by Gasteiger charge is -2.11. The number of rotatable bonds is 8. The van der Waals surface area contributed by atoms with Gasteiger partial charge in [-0.2, -0.15) is 0 Å². The lowest BCUT2D eigenvalue weighted by molar-refractivity contribution is 0.0712. The van der Waals surface area contributed by atoms with E-state index in [0.29, 0.717) is 19.8 Å². The highest BCUT2D eigenvalue weighted by Gasteiger charge is 2.10. The van der Waals surface area contributed by atoms with Crippen LogP contribution < -0.4 is 5.32 Å². The fourth-order valence-corrected chi connectivity index (χ4v) is 2.75. The minimum atomic E-state index is 0.253. The van der Waals surface area contributed by atoms with Crippen LogP contribution in [-0.2, 0) is 9.47 Å². The third-order valence-corrected chi connectivity index (χ3v) is 4.03.